The zero-order valence-electron chi connectivity index (χ0n) is 11.3. The first-order valence-corrected chi connectivity index (χ1v) is 7.22. The van der Waals surface area contributed by atoms with Crippen molar-refractivity contribution in [3.63, 3.8) is 0 Å². The van der Waals surface area contributed by atoms with Crippen molar-refractivity contribution in [1.29, 1.82) is 0 Å². The van der Waals surface area contributed by atoms with Crippen LogP contribution in [0.3, 0.4) is 0 Å². The van der Waals surface area contributed by atoms with Crippen LogP contribution < -0.4 is 10.6 Å². The topological polar surface area (TPSA) is 32.5 Å². The van der Waals surface area contributed by atoms with Crippen LogP contribution >= 0.6 is 0 Å². The van der Waals surface area contributed by atoms with Crippen LogP contribution in [0.2, 0.25) is 0 Å². The van der Waals surface area contributed by atoms with E-state index in [4.69, 9.17) is 5.73 Å². The molecule has 0 spiro atoms. The molecule has 0 unspecified atom stereocenters. The molecule has 1 saturated carbocycles. The second-order valence-corrected chi connectivity index (χ2v) is 5.72. The number of rotatable bonds is 4. The maximum Gasteiger partial charge on any atom is 0.146 e. The normalized spacial score (nSPS) is 20.8. The van der Waals surface area contributed by atoms with E-state index in [1.54, 1.807) is 6.07 Å². The lowest BCUT2D eigenvalue weighted by Gasteiger charge is -2.36. The summed E-state index contributed by atoms with van der Waals surface area (Å²) in [6, 6.07) is 5.36. The molecule has 1 aliphatic carbocycles. The standard InChI is InChI=1S/C15H22FN3/c16-14-9-13(10-17)3-4-15(14)19-7-5-18(6-8-19)11-12-1-2-12/h3-4,9,12H,1-2,5-8,10-11,17H2. The van der Waals surface area contributed by atoms with Crippen LogP contribution in [0.25, 0.3) is 0 Å². The van der Waals surface area contributed by atoms with Crippen molar-refractivity contribution < 1.29 is 4.39 Å². The van der Waals surface area contributed by atoms with Crippen LogP contribution in [0.1, 0.15) is 18.4 Å². The zero-order chi connectivity index (χ0) is 13.2. The van der Waals surface area contributed by atoms with E-state index in [1.165, 1.54) is 19.4 Å². The van der Waals surface area contributed by atoms with Gasteiger partial charge in [-0.2, -0.15) is 0 Å². The molecule has 0 aromatic heterocycles. The number of nitrogens with zero attached hydrogens (tertiary/aromatic N) is 2. The molecule has 1 saturated heterocycles. The van der Waals surface area contributed by atoms with Gasteiger partial charge in [-0.15, -0.1) is 0 Å². The molecule has 0 bridgehead atoms. The van der Waals surface area contributed by atoms with Crippen molar-refractivity contribution in [3.8, 4) is 0 Å². The molecule has 0 atom stereocenters. The molecule has 19 heavy (non-hydrogen) atoms. The van der Waals surface area contributed by atoms with E-state index < -0.39 is 0 Å². The highest BCUT2D eigenvalue weighted by Gasteiger charge is 2.26. The van der Waals surface area contributed by atoms with Crippen LogP contribution in [0.4, 0.5) is 10.1 Å². The molecule has 1 aromatic rings. The summed E-state index contributed by atoms with van der Waals surface area (Å²) in [7, 11) is 0. The first-order valence-electron chi connectivity index (χ1n) is 7.22. The summed E-state index contributed by atoms with van der Waals surface area (Å²) >= 11 is 0. The average molecular weight is 263 g/mol. The molecular weight excluding hydrogens is 241 g/mol. The fourth-order valence-electron chi connectivity index (χ4n) is 2.77. The highest BCUT2D eigenvalue weighted by atomic mass is 19.1. The summed E-state index contributed by atoms with van der Waals surface area (Å²) in [6.07, 6.45) is 2.80. The van der Waals surface area contributed by atoms with Crippen molar-refractivity contribution in [2.24, 2.45) is 11.7 Å². The SMILES string of the molecule is NCc1ccc(N2CCN(CC3CC3)CC2)c(F)c1. The summed E-state index contributed by atoms with van der Waals surface area (Å²) in [4.78, 5) is 4.67. The maximum atomic E-state index is 14.0. The minimum Gasteiger partial charge on any atom is -0.367 e. The summed E-state index contributed by atoms with van der Waals surface area (Å²) in [6.45, 7) is 5.58. The van der Waals surface area contributed by atoms with Crippen LogP contribution in [0.15, 0.2) is 18.2 Å². The van der Waals surface area contributed by atoms with Gasteiger partial charge in [-0.3, -0.25) is 4.90 Å². The third kappa shape index (κ3) is 3.07. The predicted octanol–water partition coefficient (Wildman–Crippen LogP) is 1.82. The molecule has 0 amide bonds. The lowest BCUT2D eigenvalue weighted by molar-refractivity contribution is 0.247. The fourth-order valence-corrected chi connectivity index (χ4v) is 2.77. The Morgan fingerprint density at radius 2 is 1.89 bits per heavy atom. The third-order valence-electron chi connectivity index (χ3n) is 4.17. The number of halogens is 1. The molecule has 0 radical (unpaired) electrons. The Bertz CT molecular complexity index is 437. The molecule has 4 heteroatoms. The highest BCUT2D eigenvalue weighted by molar-refractivity contribution is 5.49. The largest absolute Gasteiger partial charge is 0.367 e. The van der Waals surface area contributed by atoms with Gasteiger partial charge in [0, 0.05) is 39.3 Å². The monoisotopic (exact) mass is 263 g/mol. The molecule has 1 aliphatic heterocycles. The van der Waals surface area contributed by atoms with Gasteiger partial charge in [0.15, 0.2) is 0 Å². The van der Waals surface area contributed by atoms with Gasteiger partial charge in [0.1, 0.15) is 5.82 Å². The number of benzene rings is 1. The summed E-state index contributed by atoms with van der Waals surface area (Å²) < 4.78 is 14.0. The first kappa shape index (κ1) is 12.9. The van der Waals surface area contributed by atoms with Crippen LogP contribution in [0.5, 0.6) is 0 Å². The van der Waals surface area contributed by atoms with Crippen LogP contribution in [-0.2, 0) is 6.54 Å². The van der Waals surface area contributed by atoms with E-state index in [2.05, 4.69) is 9.80 Å². The lowest BCUT2D eigenvalue weighted by atomic mass is 10.1. The maximum absolute atomic E-state index is 14.0. The van der Waals surface area contributed by atoms with Crippen LogP contribution in [0, 0.1) is 11.7 Å². The minimum absolute atomic E-state index is 0.140. The molecule has 104 valence electrons. The van der Waals surface area contributed by atoms with Gasteiger partial charge in [0.05, 0.1) is 5.69 Å². The van der Waals surface area contributed by atoms with E-state index in [0.29, 0.717) is 6.54 Å². The third-order valence-corrected chi connectivity index (χ3v) is 4.17. The van der Waals surface area contributed by atoms with Gasteiger partial charge in [-0.1, -0.05) is 6.07 Å². The Morgan fingerprint density at radius 1 is 1.16 bits per heavy atom. The summed E-state index contributed by atoms with van der Waals surface area (Å²) in [5, 5.41) is 0. The molecule has 2 fully saturated rings. The van der Waals surface area contributed by atoms with E-state index in [1.807, 2.05) is 12.1 Å². The summed E-state index contributed by atoms with van der Waals surface area (Å²) in [5.41, 5.74) is 7.11. The molecule has 1 aromatic carbocycles. The molecule has 1 heterocycles. The molecule has 2 aliphatic rings. The van der Waals surface area contributed by atoms with Gasteiger partial charge < -0.3 is 10.6 Å². The van der Waals surface area contributed by atoms with E-state index >= 15 is 0 Å². The van der Waals surface area contributed by atoms with Crippen LogP contribution in [-0.4, -0.2) is 37.6 Å². The smallest absolute Gasteiger partial charge is 0.146 e. The van der Waals surface area contributed by atoms with Crippen molar-refractivity contribution in [2.45, 2.75) is 19.4 Å². The number of anilines is 1. The molecule has 2 N–H and O–H groups in total. The zero-order valence-corrected chi connectivity index (χ0v) is 11.3. The Morgan fingerprint density at radius 3 is 2.47 bits per heavy atom. The second kappa shape index (κ2) is 5.47. The summed E-state index contributed by atoms with van der Waals surface area (Å²) in [5.74, 6) is 0.797. The second-order valence-electron chi connectivity index (χ2n) is 5.72. The van der Waals surface area contributed by atoms with Gasteiger partial charge in [0.2, 0.25) is 0 Å². The van der Waals surface area contributed by atoms with Gasteiger partial charge in [-0.05, 0) is 36.5 Å². The Kier molecular flexibility index (Phi) is 3.71. The number of hydrogen-bond donors (Lipinski definition) is 1. The first-order chi connectivity index (χ1) is 9.26. The number of hydrogen-bond acceptors (Lipinski definition) is 3. The Labute approximate surface area is 114 Å². The molecule has 3 nitrogen and oxygen atoms in total. The van der Waals surface area contributed by atoms with Crippen molar-refractivity contribution in [3.05, 3.63) is 29.6 Å². The van der Waals surface area contributed by atoms with Crippen molar-refractivity contribution >= 4 is 5.69 Å². The van der Waals surface area contributed by atoms with Gasteiger partial charge >= 0.3 is 0 Å². The quantitative estimate of drug-likeness (QED) is 0.899. The van der Waals surface area contributed by atoms with E-state index in [9.17, 15) is 4.39 Å². The average Bonchev–Trinajstić information content (AvgIpc) is 3.24. The molecule has 3 rings (SSSR count). The highest BCUT2D eigenvalue weighted by Crippen LogP contribution is 2.30. The van der Waals surface area contributed by atoms with Crippen molar-refractivity contribution in [1.82, 2.24) is 4.90 Å². The minimum atomic E-state index is -0.140. The van der Waals surface area contributed by atoms with Gasteiger partial charge in [0.25, 0.3) is 0 Å². The van der Waals surface area contributed by atoms with E-state index in [-0.39, 0.29) is 5.82 Å². The predicted molar refractivity (Wildman–Crippen MR) is 75.7 cm³/mol. The Hall–Kier alpha value is -1.13. The fraction of sp³-hybridized carbons (Fsp3) is 0.600. The van der Waals surface area contributed by atoms with Gasteiger partial charge in [-0.25, -0.2) is 4.39 Å². The Balaban J connectivity index is 1.60. The van der Waals surface area contributed by atoms with E-state index in [0.717, 1.165) is 43.3 Å². The number of piperazine rings is 1. The molecular formula is C15H22FN3. The van der Waals surface area contributed by atoms with Crippen molar-refractivity contribution in [2.75, 3.05) is 37.6 Å². The lowest BCUT2D eigenvalue weighted by Crippen LogP contribution is -2.47. The number of nitrogens with two attached hydrogens (primary N) is 1.